The molecule has 5 rings (SSSR count). The second-order valence-corrected chi connectivity index (χ2v) is 21.3. The SMILES string of the molecule is C[C@H]1CN(c2c(NC(=O)c3nc(-c4c(F)cccc4F)sc3NC(=O)O)cnc3c2CCO3)C[C@@H](NC(=O)OC(C)(C)C)[C@@H]1O[Si](C)(C)C(C)(C)C. The minimum Gasteiger partial charge on any atom is -0.477 e. The topological polar surface area (TPSA) is 164 Å². The van der Waals surface area contributed by atoms with Crippen molar-refractivity contribution in [3.05, 3.63) is 47.3 Å². The molecular formula is C35H46F2N6O7SSi. The molecule has 2 aliphatic heterocycles. The number of fused-ring (bicyclic) bond motifs is 1. The fourth-order valence-electron chi connectivity index (χ4n) is 5.97. The first-order valence-electron chi connectivity index (χ1n) is 17.0. The van der Waals surface area contributed by atoms with Crippen LogP contribution in [0.2, 0.25) is 18.1 Å². The summed E-state index contributed by atoms with van der Waals surface area (Å²) >= 11 is 0.624. The van der Waals surface area contributed by atoms with Crippen LogP contribution in [0.5, 0.6) is 5.88 Å². The van der Waals surface area contributed by atoms with Gasteiger partial charge in [-0.15, -0.1) is 0 Å². The van der Waals surface area contributed by atoms with Gasteiger partial charge in [-0.2, -0.15) is 0 Å². The number of alkyl carbamates (subject to hydrolysis) is 1. The lowest BCUT2D eigenvalue weighted by Crippen LogP contribution is -2.63. The molecule has 0 spiro atoms. The predicted octanol–water partition coefficient (Wildman–Crippen LogP) is 7.50. The van der Waals surface area contributed by atoms with Gasteiger partial charge in [0.25, 0.3) is 5.91 Å². The van der Waals surface area contributed by atoms with Crippen molar-refractivity contribution >= 4 is 54.1 Å². The number of nitrogens with one attached hydrogen (secondary N) is 3. The number of carbonyl (C=O) groups is 3. The van der Waals surface area contributed by atoms with Gasteiger partial charge in [-0.1, -0.05) is 45.1 Å². The van der Waals surface area contributed by atoms with Gasteiger partial charge in [-0.3, -0.25) is 10.1 Å². The van der Waals surface area contributed by atoms with E-state index in [0.29, 0.717) is 42.5 Å². The highest BCUT2D eigenvalue weighted by atomic mass is 32.1. The maximum Gasteiger partial charge on any atom is 0.409 e. The smallest absolute Gasteiger partial charge is 0.409 e. The lowest BCUT2D eigenvalue weighted by molar-refractivity contribution is 0.0336. The maximum atomic E-state index is 14.7. The van der Waals surface area contributed by atoms with E-state index in [1.165, 1.54) is 12.3 Å². The van der Waals surface area contributed by atoms with Crippen molar-refractivity contribution < 1.29 is 42.2 Å². The fraction of sp³-hybridized carbons (Fsp3) is 0.514. The van der Waals surface area contributed by atoms with Crippen LogP contribution in [0, 0.1) is 17.6 Å². The molecule has 4 N–H and O–H groups in total. The monoisotopic (exact) mass is 760 g/mol. The lowest BCUT2D eigenvalue weighted by Gasteiger charge is -2.49. The number of pyridine rings is 1. The van der Waals surface area contributed by atoms with E-state index < -0.39 is 55.3 Å². The number of aromatic nitrogens is 2. The van der Waals surface area contributed by atoms with Crippen molar-refractivity contribution in [2.24, 2.45) is 5.92 Å². The molecule has 0 bridgehead atoms. The van der Waals surface area contributed by atoms with Gasteiger partial charge < -0.3 is 34.5 Å². The first-order valence-corrected chi connectivity index (χ1v) is 20.7. The number of carbonyl (C=O) groups excluding carboxylic acids is 2. The van der Waals surface area contributed by atoms with Crippen molar-refractivity contribution in [2.45, 2.75) is 90.8 Å². The van der Waals surface area contributed by atoms with Gasteiger partial charge in [0.2, 0.25) is 5.88 Å². The zero-order chi connectivity index (χ0) is 38.3. The Morgan fingerprint density at radius 2 is 1.75 bits per heavy atom. The molecule has 0 radical (unpaired) electrons. The van der Waals surface area contributed by atoms with Crippen LogP contribution >= 0.6 is 11.3 Å². The first-order chi connectivity index (χ1) is 24.1. The molecule has 0 aliphatic carbocycles. The molecule has 0 unspecified atom stereocenters. The summed E-state index contributed by atoms with van der Waals surface area (Å²) < 4.78 is 47.8. The molecule has 282 valence electrons. The average molecular weight is 761 g/mol. The number of ether oxygens (including phenoxy) is 2. The number of halogens is 2. The second-order valence-electron chi connectivity index (χ2n) is 15.6. The molecule has 2 aromatic heterocycles. The highest BCUT2D eigenvalue weighted by molar-refractivity contribution is 7.19. The number of hydrogen-bond donors (Lipinski definition) is 4. The summed E-state index contributed by atoms with van der Waals surface area (Å²) in [6.45, 7) is 19.3. The van der Waals surface area contributed by atoms with Gasteiger partial charge in [0.05, 0.1) is 41.9 Å². The van der Waals surface area contributed by atoms with E-state index in [1.807, 2.05) is 11.8 Å². The predicted molar refractivity (Wildman–Crippen MR) is 197 cm³/mol. The molecule has 1 aromatic carbocycles. The van der Waals surface area contributed by atoms with Crippen LogP contribution in [0.25, 0.3) is 10.6 Å². The molecule has 1 saturated heterocycles. The number of nitrogens with zero attached hydrogens (tertiary/aromatic N) is 3. The Bertz CT molecular complexity index is 1840. The Labute approximate surface area is 306 Å². The van der Waals surface area contributed by atoms with E-state index in [4.69, 9.17) is 13.9 Å². The summed E-state index contributed by atoms with van der Waals surface area (Å²) in [6.07, 6.45) is -0.512. The Morgan fingerprint density at radius 1 is 1.08 bits per heavy atom. The number of benzene rings is 1. The molecule has 52 heavy (non-hydrogen) atoms. The fourth-order valence-corrected chi connectivity index (χ4v) is 8.40. The van der Waals surface area contributed by atoms with Crippen molar-refractivity contribution in [2.75, 3.05) is 35.2 Å². The van der Waals surface area contributed by atoms with Crippen LogP contribution < -0.4 is 25.6 Å². The number of anilines is 3. The summed E-state index contributed by atoms with van der Waals surface area (Å²) in [5, 5.41) is 17.0. The highest BCUT2D eigenvalue weighted by Crippen LogP contribution is 2.43. The number of carboxylic acid groups (broad SMARTS) is 1. The third-order valence-electron chi connectivity index (χ3n) is 9.33. The van der Waals surface area contributed by atoms with Gasteiger partial charge in [0.1, 0.15) is 27.2 Å². The first kappa shape index (κ1) is 38.9. The highest BCUT2D eigenvalue weighted by Gasteiger charge is 2.46. The maximum absolute atomic E-state index is 14.7. The van der Waals surface area contributed by atoms with Crippen LogP contribution in [-0.4, -0.2) is 78.9 Å². The van der Waals surface area contributed by atoms with Crippen LogP contribution in [0.15, 0.2) is 24.4 Å². The van der Waals surface area contributed by atoms with Crippen LogP contribution in [-0.2, 0) is 15.6 Å². The Morgan fingerprint density at radius 3 is 2.37 bits per heavy atom. The van der Waals surface area contributed by atoms with Crippen LogP contribution in [0.3, 0.4) is 0 Å². The Hall–Kier alpha value is -4.35. The molecule has 4 heterocycles. The summed E-state index contributed by atoms with van der Waals surface area (Å²) in [5.74, 6) is -2.39. The summed E-state index contributed by atoms with van der Waals surface area (Å²) in [7, 11) is -2.31. The largest absolute Gasteiger partial charge is 0.477 e. The average Bonchev–Trinajstić information content (AvgIpc) is 3.64. The van der Waals surface area contributed by atoms with E-state index in [9.17, 15) is 28.3 Å². The van der Waals surface area contributed by atoms with Gasteiger partial charge in [0, 0.05) is 31.0 Å². The minimum absolute atomic E-state index is 0.0943. The molecule has 17 heteroatoms. The van der Waals surface area contributed by atoms with Gasteiger partial charge >= 0.3 is 12.2 Å². The standard InChI is InChI=1S/C35H46F2N6O7SSi/c1-18-16-43(17-23(40-33(47)49-34(2,3)4)27(18)50-52(8,9)35(5,6)7)26-19-13-14-48-29(19)38-15-22(26)39-28(44)25-31(42-32(45)46)51-30(41-25)24-20(36)11-10-12-21(24)37/h10-12,15,18,23,27,42H,13-14,16-17H2,1-9H3,(H,39,44)(H,40,47)(H,45,46)/t18-,23+,27+/m0/s1. The number of amides is 3. The minimum atomic E-state index is -2.31. The van der Waals surface area contributed by atoms with Crippen molar-refractivity contribution in [3.63, 3.8) is 0 Å². The normalized spacial score (nSPS) is 19.1. The zero-order valence-electron chi connectivity index (χ0n) is 30.8. The number of thiazole rings is 1. The molecule has 13 nitrogen and oxygen atoms in total. The van der Waals surface area contributed by atoms with Crippen molar-refractivity contribution in [1.82, 2.24) is 15.3 Å². The molecule has 3 amide bonds. The van der Waals surface area contributed by atoms with E-state index >= 15 is 0 Å². The van der Waals surface area contributed by atoms with E-state index in [2.05, 4.69) is 59.8 Å². The Balaban J connectivity index is 1.52. The molecule has 3 atom stereocenters. The molecule has 2 aliphatic rings. The molecule has 1 fully saturated rings. The van der Waals surface area contributed by atoms with E-state index in [-0.39, 0.29) is 45.0 Å². The van der Waals surface area contributed by atoms with Crippen LogP contribution in [0.1, 0.15) is 64.5 Å². The molecule has 0 saturated carbocycles. The molecular weight excluding hydrogens is 715 g/mol. The van der Waals surface area contributed by atoms with Gasteiger partial charge in [-0.25, -0.2) is 28.3 Å². The Kier molecular flexibility index (Phi) is 10.9. The zero-order valence-corrected chi connectivity index (χ0v) is 32.6. The summed E-state index contributed by atoms with van der Waals surface area (Å²) in [4.78, 5) is 49.4. The van der Waals surface area contributed by atoms with Gasteiger partial charge in [-0.05, 0) is 51.0 Å². The van der Waals surface area contributed by atoms with E-state index in [1.54, 1.807) is 20.8 Å². The number of rotatable bonds is 8. The quantitative estimate of drug-likeness (QED) is 0.169. The van der Waals surface area contributed by atoms with Crippen molar-refractivity contribution in [3.8, 4) is 16.5 Å². The number of hydrogen-bond acceptors (Lipinski definition) is 10. The third kappa shape index (κ3) is 8.47. The van der Waals surface area contributed by atoms with Crippen molar-refractivity contribution in [1.29, 1.82) is 0 Å². The number of piperidine rings is 1. The summed E-state index contributed by atoms with van der Waals surface area (Å²) in [5.41, 5.74) is 0.00934. The third-order valence-corrected chi connectivity index (χ3v) is 14.8. The molecule has 3 aromatic rings. The van der Waals surface area contributed by atoms with Crippen LogP contribution in [0.4, 0.5) is 34.7 Å². The van der Waals surface area contributed by atoms with Gasteiger partial charge in [0.15, 0.2) is 14.0 Å². The second kappa shape index (κ2) is 14.6. The van der Waals surface area contributed by atoms with E-state index in [0.717, 1.165) is 17.7 Å². The summed E-state index contributed by atoms with van der Waals surface area (Å²) in [6, 6.07) is 2.75. The lowest BCUT2D eigenvalue weighted by atomic mass is 9.91.